The van der Waals surface area contributed by atoms with Gasteiger partial charge in [0.25, 0.3) is 5.56 Å². The van der Waals surface area contributed by atoms with Crippen LogP contribution in [-0.4, -0.2) is 58.7 Å². The first kappa shape index (κ1) is 15.6. The predicted octanol–water partition coefficient (Wildman–Crippen LogP) is 0.741. The van der Waals surface area contributed by atoms with Crippen molar-refractivity contribution in [3.8, 4) is 0 Å². The number of anilines is 1. The zero-order valence-electron chi connectivity index (χ0n) is 13.1. The van der Waals surface area contributed by atoms with Crippen LogP contribution >= 0.6 is 11.3 Å². The second-order valence-corrected chi connectivity index (χ2v) is 6.96. The first-order chi connectivity index (χ1) is 11.7. The number of rotatable bonds is 3. The van der Waals surface area contributed by atoms with E-state index in [2.05, 4.69) is 20.5 Å². The monoisotopic (exact) mass is 349 g/mol. The molecule has 2 aliphatic heterocycles. The maximum absolute atomic E-state index is 12.3. The number of fused-ring (bicyclic) bond motifs is 1. The molecule has 2 aliphatic rings. The van der Waals surface area contributed by atoms with E-state index in [1.54, 1.807) is 11.6 Å². The van der Waals surface area contributed by atoms with Crippen LogP contribution in [0.25, 0.3) is 4.96 Å². The molecule has 0 saturated carbocycles. The maximum Gasteiger partial charge on any atom is 0.319 e. The summed E-state index contributed by atoms with van der Waals surface area (Å²) in [5, 5.41) is 7.33. The third kappa shape index (κ3) is 2.90. The summed E-state index contributed by atoms with van der Waals surface area (Å²) in [5.74, 6) is 0. The van der Waals surface area contributed by atoms with Crippen LogP contribution < -0.4 is 16.2 Å². The Balaban J connectivity index is 1.43. The van der Waals surface area contributed by atoms with Crippen molar-refractivity contribution in [2.24, 2.45) is 0 Å². The Kier molecular flexibility index (Phi) is 4.21. The van der Waals surface area contributed by atoms with Crippen LogP contribution in [0, 0.1) is 0 Å². The summed E-state index contributed by atoms with van der Waals surface area (Å²) in [6, 6.07) is -0.260. The quantitative estimate of drug-likeness (QED) is 0.853. The van der Waals surface area contributed by atoms with Gasteiger partial charge in [0.15, 0.2) is 4.96 Å². The zero-order chi connectivity index (χ0) is 16.5. The Bertz CT molecular complexity index is 798. The van der Waals surface area contributed by atoms with Crippen molar-refractivity contribution < 1.29 is 9.53 Å². The van der Waals surface area contributed by atoms with Crippen LogP contribution in [0.1, 0.15) is 12.8 Å². The highest BCUT2D eigenvalue weighted by atomic mass is 32.1. The molecule has 2 aromatic heterocycles. The molecule has 0 radical (unpaired) electrons. The van der Waals surface area contributed by atoms with Crippen molar-refractivity contribution in [2.45, 2.75) is 24.9 Å². The van der Waals surface area contributed by atoms with Gasteiger partial charge in [-0.15, -0.1) is 11.3 Å². The van der Waals surface area contributed by atoms with Gasteiger partial charge in [0.2, 0.25) is 0 Å². The molecule has 8 nitrogen and oxygen atoms in total. The van der Waals surface area contributed by atoms with Crippen LogP contribution in [0.2, 0.25) is 0 Å². The molecule has 2 atom stereocenters. The second kappa shape index (κ2) is 6.50. The normalized spacial score (nSPS) is 24.5. The van der Waals surface area contributed by atoms with E-state index in [0.29, 0.717) is 18.2 Å². The SMILES string of the molecule is O=C(Nc1cnc2sccn2c1=O)N[C@H]1COC[C@@H]1N1CCCC1. The number of aromatic nitrogens is 2. The first-order valence-corrected chi connectivity index (χ1v) is 8.94. The number of hydrogen-bond donors (Lipinski definition) is 2. The lowest BCUT2D eigenvalue weighted by Gasteiger charge is -2.27. The zero-order valence-corrected chi connectivity index (χ0v) is 13.9. The summed E-state index contributed by atoms with van der Waals surface area (Å²) in [7, 11) is 0. The van der Waals surface area contributed by atoms with Crippen LogP contribution in [0.4, 0.5) is 10.5 Å². The first-order valence-electron chi connectivity index (χ1n) is 8.06. The minimum Gasteiger partial charge on any atom is -0.378 e. The van der Waals surface area contributed by atoms with E-state index in [9.17, 15) is 9.59 Å². The van der Waals surface area contributed by atoms with E-state index in [1.807, 2.05) is 0 Å². The highest BCUT2D eigenvalue weighted by molar-refractivity contribution is 7.15. The third-order valence-electron chi connectivity index (χ3n) is 4.57. The second-order valence-electron chi connectivity index (χ2n) is 6.09. The lowest BCUT2D eigenvalue weighted by atomic mass is 10.1. The molecule has 0 unspecified atom stereocenters. The highest BCUT2D eigenvalue weighted by Crippen LogP contribution is 2.19. The van der Waals surface area contributed by atoms with E-state index in [4.69, 9.17) is 4.74 Å². The predicted molar refractivity (Wildman–Crippen MR) is 90.7 cm³/mol. The van der Waals surface area contributed by atoms with Crippen LogP contribution in [0.5, 0.6) is 0 Å². The molecule has 2 N–H and O–H groups in total. The average molecular weight is 349 g/mol. The molecule has 4 heterocycles. The van der Waals surface area contributed by atoms with E-state index < -0.39 is 6.03 Å². The molecular formula is C15H19N5O3S. The Morgan fingerprint density at radius 3 is 3.00 bits per heavy atom. The molecule has 0 aliphatic carbocycles. The Hall–Kier alpha value is -1.97. The summed E-state index contributed by atoms with van der Waals surface area (Å²) in [6.45, 7) is 3.23. The van der Waals surface area contributed by atoms with Crippen molar-refractivity contribution in [3.05, 3.63) is 28.1 Å². The van der Waals surface area contributed by atoms with Gasteiger partial charge in [0.1, 0.15) is 5.69 Å². The molecule has 2 fully saturated rings. The fourth-order valence-electron chi connectivity index (χ4n) is 3.35. The van der Waals surface area contributed by atoms with Gasteiger partial charge in [-0.25, -0.2) is 9.78 Å². The Morgan fingerprint density at radius 2 is 2.17 bits per heavy atom. The number of hydrogen-bond acceptors (Lipinski definition) is 6. The van der Waals surface area contributed by atoms with Gasteiger partial charge in [-0.05, 0) is 25.9 Å². The molecule has 9 heteroatoms. The maximum atomic E-state index is 12.3. The van der Waals surface area contributed by atoms with Gasteiger partial charge in [0.05, 0.1) is 31.5 Å². The number of thiazole rings is 1. The van der Waals surface area contributed by atoms with Crippen molar-refractivity contribution in [1.29, 1.82) is 0 Å². The summed E-state index contributed by atoms with van der Waals surface area (Å²) in [6.07, 6.45) is 5.43. The number of likely N-dealkylation sites (tertiary alicyclic amines) is 1. The fourth-order valence-corrected chi connectivity index (χ4v) is 4.03. The minimum atomic E-state index is -0.399. The van der Waals surface area contributed by atoms with Crippen molar-refractivity contribution in [2.75, 3.05) is 31.6 Å². The standard InChI is InChI=1S/C15H19N5O3S/c21-13-10(7-16-15-20(13)5-6-24-15)17-14(22)18-11-8-23-9-12(11)19-3-1-2-4-19/h5-7,11-12H,1-4,8-9H2,(H2,17,18,22)/t11-,12-/m0/s1. The molecule has 2 aromatic rings. The van der Waals surface area contributed by atoms with E-state index in [-0.39, 0.29) is 23.3 Å². The van der Waals surface area contributed by atoms with Crippen molar-refractivity contribution in [3.63, 3.8) is 0 Å². The summed E-state index contributed by atoms with van der Waals surface area (Å²) in [4.78, 5) is 31.7. The number of carbonyl (C=O) groups excluding carboxylic acids is 1. The lowest BCUT2D eigenvalue weighted by Crippen LogP contribution is -2.51. The molecule has 0 aromatic carbocycles. The number of urea groups is 1. The molecule has 128 valence electrons. The van der Waals surface area contributed by atoms with Gasteiger partial charge in [0, 0.05) is 11.6 Å². The molecule has 4 rings (SSSR count). The molecule has 24 heavy (non-hydrogen) atoms. The summed E-state index contributed by atoms with van der Waals surface area (Å²) >= 11 is 1.37. The van der Waals surface area contributed by atoms with Gasteiger partial charge in [-0.3, -0.25) is 14.1 Å². The van der Waals surface area contributed by atoms with Crippen LogP contribution in [-0.2, 0) is 4.74 Å². The van der Waals surface area contributed by atoms with E-state index in [1.165, 1.54) is 34.8 Å². The smallest absolute Gasteiger partial charge is 0.319 e. The molecule has 2 amide bonds. The summed E-state index contributed by atoms with van der Waals surface area (Å²) in [5.41, 5.74) is -0.116. The van der Waals surface area contributed by atoms with Gasteiger partial charge < -0.3 is 15.4 Å². The van der Waals surface area contributed by atoms with Crippen LogP contribution in [0.15, 0.2) is 22.6 Å². The number of carbonyl (C=O) groups is 1. The van der Waals surface area contributed by atoms with Crippen LogP contribution in [0.3, 0.4) is 0 Å². The largest absolute Gasteiger partial charge is 0.378 e. The average Bonchev–Trinajstić information content (AvgIpc) is 3.29. The van der Waals surface area contributed by atoms with E-state index in [0.717, 1.165) is 13.1 Å². The molecule has 0 spiro atoms. The fraction of sp³-hybridized carbons (Fsp3) is 0.533. The lowest BCUT2D eigenvalue weighted by molar-refractivity contribution is 0.159. The van der Waals surface area contributed by atoms with E-state index >= 15 is 0 Å². The van der Waals surface area contributed by atoms with Gasteiger partial charge >= 0.3 is 6.03 Å². The Morgan fingerprint density at radius 1 is 1.33 bits per heavy atom. The minimum absolute atomic E-state index is 0.0660. The molecular weight excluding hydrogens is 330 g/mol. The number of amides is 2. The molecule has 2 saturated heterocycles. The third-order valence-corrected chi connectivity index (χ3v) is 5.34. The summed E-state index contributed by atoms with van der Waals surface area (Å²) < 4.78 is 6.97. The number of ether oxygens (including phenoxy) is 1. The molecule has 0 bridgehead atoms. The topological polar surface area (TPSA) is 88.0 Å². The number of nitrogens with one attached hydrogen (secondary N) is 2. The Labute approximate surface area is 142 Å². The van der Waals surface area contributed by atoms with Crippen molar-refractivity contribution in [1.82, 2.24) is 19.6 Å². The van der Waals surface area contributed by atoms with Crippen molar-refractivity contribution >= 4 is 28.0 Å². The highest BCUT2D eigenvalue weighted by Gasteiger charge is 2.35. The van der Waals surface area contributed by atoms with Gasteiger partial charge in [-0.1, -0.05) is 0 Å². The number of nitrogens with zero attached hydrogens (tertiary/aromatic N) is 3. The van der Waals surface area contributed by atoms with Gasteiger partial charge in [-0.2, -0.15) is 0 Å².